The predicted molar refractivity (Wildman–Crippen MR) is 63.3 cm³/mol. The summed E-state index contributed by atoms with van der Waals surface area (Å²) in [6, 6.07) is 3.11. The van der Waals surface area contributed by atoms with Gasteiger partial charge in [-0.25, -0.2) is 4.39 Å². The van der Waals surface area contributed by atoms with Gasteiger partial charge in [0.25, 0.3) is 0 Å². The quantitative estimate of drug-likeness (QED) is 0.842. The van der Waals surface area contributed by atoms with Crippen molar-refractivity contribution in [2.75, 3.05) is 6.61 Å². The number of benzene rings is 1. The molecule has 1 aliphatic carbocycles. The molecule has 0 aliphatic heterocycles. The summed E-state index contributed by atoms with van der Waals surface area (Å²) in [5, 5.41) is 10.1. The topological polar surface area (TPSA) is 20.2 Å². The minimum Gasteiger partial charge on any atom is -0.395 e. The largest absolute Gasteiger partial charge is 0.395 e. The van der Waals surface area contributed by atoms with Crippen LogP contribution in [-0.2, 0) is 5.41 Å². The van der Waals surface area contributed by atoms with Gasteiger partial charge in [0.15, 0.2) is 0 Å². The van der Waals surface area contributed by atoms with E-state index in [0.717, 1.165) is 12.0 Å². The molecule has 1 N–H and O–H groups in total. The van der Waals surface area contributed by atoms with Crippen LogP contribution in [0.2, 0.25) is 5.02 Å². The molecule has 3 heteroatoms. The molecule has 0 saturated heterocycles. The van der Waals surface area contributed by atoms with Crippen molar-refractivity contribution in [3.63, 3.8) is 0 Å². The molecule has 1 unspecified atom stereocenters. The Hall–Kier alpha value is -0.600. The fourth-order valence-corrected chi connectivity index (χ4v) is 2.94. The first-order valence-corrected chi connectivity index (χ1v) is 5.79. The number of hydrogen-bond acceptors (Lipinski definition) is 1. The monoisotopic (exact) mass is 242 g/mol. The zero-order valence-electron chi connectivity index (χ0n) is 9.77. The average Bonchev–Trinajstić information content (AvgIpc) is 2.76. The van der Waals surface area contributed by atoms with Crippen molar-refractivity contribution >= 4 is 11.6 Å². The molecule has 2 rings (SSSR count). The van der Waals surface area contributed by atoms with Gasteiger partial charge < -0.3 is 5.11 Å². The Bertz CT molecular complexity index is 442. The molecule has 0 spiro atoms. The number of aryl methyl sites for hydroxylation is 1. The first-order chi connectivity index (χ1) is 7.34. The molecule has 0 amide bonds. The van der Waals surface area contributed by atoms with Crippen molar-refractivity contribution in [2.45, 2.75) is 32.6 Å². The summed E-state index contributed by atoms with van der Waals surface area (Å²) in [4.78, 5) is 0. The van der Waals surface area contributed by atoms with Crippen LogP contribution >= 0.6 is 11.6 Å². The van der Waals surface area contributed by atoms with E-state index >= 15 is 0 Å². The van der Waals surface area contributed by atoms with Crippen LogP contribution < -0.4 is 0 Å². The lowest BCUT2D eigenvalue weighted by Gasteiger charge is -2.20. The van der Waals surface area contributed by atoms with Crippen molar-refractivity contribution < 1.29 is 9.50 Å². The van der Waals surface area contributed by atoms with Gasteiger partial charge in [0.1, 0.15) is 5.82 Å². The van der Waals surface area contributed by atoms with Gasteiger partial charge in [-0.15, -0.1) is 0 Å². The zero-order chi connectivity index (χ0) is 12.1. The molecular formula is C13H16ClFO. The van der Waals surface area contributed by atoms with Crippen LogP contribution in [0.5, 0.6) is 0 Å². The van der Waals surface area contributed by atoms with Gasteiger partial charge >= 0.3 is 0 Å². The molecule has 0 aromatic heterocycles. The number of rotatable bonds is 2. The van der Waals surface area contributed by atoms with Crippen molar-refractivity contribution in [3.05, 3.63) is 34.1 Å². The molecule has 1 atom stereocenters. The fourth-order valence-electron chi connectivity index (χ4n) is 2.54. The van der Waals surface area contributed by atoms with E-state index in [4.69, 9.17) is 11.6 Å². The summed E-state index contributed by atoms with van der Waals surface area (Å²) in [5.74, 6) is -0.255. The molecule has 88 valence electrons. The van der Waals surface area contributed by atoms with Crippen LogP contribution in [0.25, 0.3) is 0 Å². The maximum absolute atomic E-state index is 13.6. The Labute approximate surface area is 100 Å². The van der Waals surface area contributed by atoms with Gasteiger partial charge in [0, 0.05) is 10.4 Å². The normalized spacial score (nSPS) is 26.9. The standard InChI is InChI=1S/C13H16ClFO/c1-8-4-10(14)9(5-11(8)15)13(7-16)6-12(13,2)3/h4-5,16H,6-7H2,1-3H3. The van der Waals surface area contributed by atoms with E-state index in [0.29, 0.717) is 10.6 Å². The van der Waals surface area contributed by atoms with E-state index in [2.05, 4.69) is 13.8 Å². The van der Waals surface area contributed by atoms with Crippen molar-refractivity contribution in [3.8, 4) is 0 Å². The van der Waals surface area contributed by atoms with Crippen molar-refractivity contribution in [2.24, 2.45) is 5.41 Å². The second kappa shape index (κ2) is 3.44. The summed E-state index contributed by atoms with van der Waals surface area (Å²) in [6.45, 7) is 5.84. The lowest BCUT2D eigenvalue weighted by atomic mass is 9.88. The van der Waals surface area contributed by atoms with Crippen molar-refractivity contribution in [1.29, 1.82) is 0 Å². The first-order valence-electron chi connectivity index (χ1n) is 5.41. The van der Waals surface area contributed by atoms with Crippen LogP contribution in [0.4, 0.5) is 4.39 Å². The van der Waals surface area contributed by atoms with Gasteiger partial charge in [0.2, 0.25) is 0 Å². The lowest BCUT2D eigenvalue weighted by molar-refractivity contribution is 0.231. The Morgan fingerprint density at radius 1 is 1.44 bits per heavy atom. The molecule has 1 saturated carbocycles. The Balaban J connectivity index is 2.53. The van der Waals surface area contributed by atoms with Crippen LogP contribution in [0.1, 0.15) is 31.4 Å². The van der Waals surface area contributed by atoms with E-state index in [-0.39, 0.29) is 23.3 Å². The maximum atomic E-state index is 13.6. The molecule has 1 aromatic carbocycles. The number of aliphatic hydroxyl groups is 1. The lowest BCUT2D eigenvalue weighted by Crippen LogP contribution is -2.20. The average molecular weight is 243 g/mol. The fraction of sp³-hybridized carbons (Fsp3) is 0.538. The predicted octanol–water partition coefficient (Wildman–Crippen LogP) is 3.45. The van der Waals surface area contributed by atoms with Gasteiger partial charge in [-0.3, -0.25) is 0 Å². The van der Waals surface area contributed by atoms with Gasteiger partial charge in [-0.2, -0.15) is 0 Å². The summed E-state index contributed by atoms with van der Waals surface area (Å²) in [5.41, 5.74) is 0.913. The Morgan fingerprint density at radius 2 is 2.00 bits per heavy atom. The van der Waals surface area contributed by atoms with E-state index in [1.54, 1.807) is 13.0 Å². The summed E-state index contributed by atoms with van der Waals surface area (Å²) < 4.78 is 13.6. The Morgan fingerprint density at radius 3 is 2.44 bits per heavy atom. The molecule has 1 aliphatic rings. The molecule has 1 nitrogen and oxygen atoms in total. The highest BCUT2D eigenvalue weighted by atomic mass is 35.5. The van der Waals surface area contributed by atoms with Crippen LogP contribution in [0.15, 0.2) is 12.1 Å². The summed E-state index contributed by atoms with van der Waals surface area (Å²) in [7, 11) is 0. The molecule has 0 heterocycles. The Kier molecular flexibility index (Phi) is 2.56. The third-order valence-corrected chi connectivity index (χ3v) is 4.26. The second-order valence-corrected chi connectivity index (χ2v) is 5.79. The maximum Gasteiger partial charge on any atom is 0.126 e. The van der Waals surface area contributed by atoms with Crippen LogP contribution in [0.3, 0.4) is 0 Å². The smallest absolute Gasteiger partial charge is 0.126 e. The molecular weight excluding hydrogens is 227 g/mol. The van der Waals surface area contributed by atoms with Gasteiger partial charge in [-0.05, 0) is 42.0 Å². The van der Waals surface area contributed by atoms with E-state index < -0.39 is 0 Å². The minimum absolute atomic E-state index is 0.00686. The highest BCUT2D eigenvalue weighted by molar-refractivity contribution is 6.31. The highest BCUT2D eigenvalue weighted by Gasteiger charge is 2.62. The number of halogens is 2. The SMILES string of the molecule is Cc1cc(Cl)c(C2(CO)CC2(C)C)cc1F. The van der Waals surface area contributed by atoms with Crippen LogP contribution in [0, 0.1) is 18.2 Å². The number of hydrogen-bond donors (Lipinski definition) is 1. The first kappa shape index (κ1) is 11.9. The van der Waals surface area contributed by atoms with Gasteiger partial charge in [0.05, 0.1) is 6.61 Å². The zero-order valence-corrected chi connectivity index (χ0v) is 10.5. The molecule has 1 aromatic rings. The second-order valence-electron chi connectivity index (χ2n) is 5.38. The molecule has 1 fully saturated rings. The minimum atomic E-state index is -0.362. The summed E-state index contributed by atoms with van der Waals surface area (Å²) in [6.07, 6.45) is 0.846. The van der Waals surface area contributed by atoms with Crippen molar-refractivity contribution in [1.82, 2.24) is 0 Å². The van der Waals surface area contributed by atoms with E-state index in [1.807, 2.05) is 0 Å². The third kappa shape index (κ3) is 1.47. The van der Waals surface area contributed by atoms with Gasteiger partial charge in [-0.1, -0.05) is 25.4 Å². The third-order valence-electron chi connectivity index (χ3n) is 3.95. The molecule has 16 heavy (non-hydrogen) atoms. The van der Waals surface area contributed by atoms with E-state index in [9.17, 15) is 9.50 Å². The molecule has 0 radical (unpaired) electrons. The highest BCUT2D eigenvalue weighted by Crippen LogP contribution is 2.65. The van der Waals surface area contributed by atoms with E-state index in [1.165, 1.54) is 6.07 Å². The molecule has 0 bridgehead atoms. The summed E-state index contributed by atoms with van der Waals surface area (Å²) >= 11 is 6.15. The number of aliphatic hydroxyl groups excluding tert-OH is 1. The van der Waals surface area contributed by atoms with Crippen LogP contribution in [-0.4, -0.2) is 11.7 Å².